The molecule has 0 aliphatic carbocycles. The predicted octanol–water partition coefficient (Wildman–Crippen LogP) is 2.50. The van der Waals surface area contributed by atoms with Crippen LogP contribution < -0.4 is 21.5 Å². The summed E-state index contributed by atoms with van der Waals surface area (Å²) in [4.78, 5) is 46.7. The van der Waals surface area contributed by atoms with E-state index in [4.69, 9.17) is 4.74 Å². The number of aryl methyl sites for hydroxylation is 1. The molecule has 12 heteroatoms. The van der Waals surface area contributed by atoms with Crippen LogP contribution in [-0.4, -0.2) is 58.1 Å². The third kappa shape index (κ3) is 4.39. The lowest BCUT2D eigenvalue weighted by molar-refractivity contribution is -0.0248. The number of carbonyl (C=O) groups is 1. The smallest absolute Gasteiger partial charge is 0.275 e. The van der Waals surface area contributed by atoms with Crippen molar-refractivity contribution in [3.63, 3.8) is 0 Å². The van der Waals surface area contributed by atoms with Crippen molar-refractivity contribution in [3.8, 4) is 5.75 Å². The highest BCUT2D eigenvalue weighted by atomic mass is 19.3. The van der Waals surface area contributed by atoms with E-state index in [-0.39, 0.29) is 22.8 Å². The van der Waals surface area contributed by atoms with Crippen molar-refractivity contribution in [2.45, 2.75) is 37.8 Å². The van der Waals surface area contributed by atoms with Gasteiger partial charge in [-0.1, -0.05) is 6.07 Å². The Bertz CT molecular complexity index is 1400. The first-order chi connectivity index (χ1) is 16.8. The summed E-state index contributed by atoms with van der Waals surface area (Å²) >= 11 is 0. The lowest BCUT2D eigenvalue weighted by Gasteiger charge is -2.35. The number of nitrogens with zero attached hydrogens (tertiary/aromatic N) is 3. The van der Waals surface area contributed by atoms with E-state index in [2.05, 4.69) is 20.6 Å². The quantitative estimate of drug-likeness (QED) is 0.418. The fraction of sp³-hybridized carbons (Fsp3) is 0.375. The van der Waals surface area contributed by atoms with Crippen molar-refractivity contribution in [1.82, 2.24) is 14.9 Å². The molecule has 0 saturated carbocycles. The minimum absolute atomic E-state index is 0.0363. The molecule has 2 aromatic heterocycles. The van der Waals surface area contributed by atoms with Crippen LogP contribution in [-0.2, 0) is 4.74 Å². The van der Waals surface area contributed by atoms with E-state index in [1.165, 1.54) is 44.4 Å². The number of aromatic nitrogens is 2. The number of anilines is 3. The Morgan fingerprint density at radius 3 is 2.47 bits per heavy atom. The third-order valence-corrected chi connectivity index (χ3v) is 6.15. The first-order valence-corrected chi connectivity index (χ1v) is 11.0. The van der Waals surface area contributed by atoms with Crippen molar-refractivity contribution in [2.24, 2.45) is 0 Å². The summed E-state index contributed by atoms with van der Waals surface area (Å²) in [7, 11) is 2.97. The molecular weight excluding hydrogens is 476 g/mol. The molecular formula is C24H25F2N5O5. The van der Waals surface area contributed by atoms with Crippen molar-refractivity contribution < 1.29 is 23.4 Å². The highest BCUT2D eigenvalue weighted by Gasteiger charge is 2.53. The van der Waals surface area contributed by atoms with Gasteiger partial charge in [0.15, 0.2) is 11.4 Å². The Balaban J connectivity index is 1.72. The summed E-state index contributed by atoms with van der Waals surface area (Å²) in [5.74, 6) is -4.17. The van der Waals surface area contributed by atoms with Gasteiger partial charge in [0, 0.05) is 32.9 Å². The van der Waals surface area contributed by atoms with Gasteiger partial charge in [-0.15, -0.1) is 0 Å². The number of carbonyl (C=O) groups excluding carboxylic acids is 1. The molecule has 0 unspecified atom stereocenters. The molecule has 1 aliphatic rings. The second-order valence-electron chi connectivity index (χ2n) is 9.21. The fourth-order valence-corrected chi connectivity index (χ4v) is 4.23. The van der Waals surface area contributed by atoms with Gasteiger partial charge in [0.25, 0.3) is 22.7 Å². The molecule has 0 bridgehead atoms. The number of amides is 1. The summed E-state index contributed by atoms with van der Waals surface area (Å²) in [6.07, 6.45) is 2.12. The molecule has 190 valence electrons. The van der Waals surface area contributed by atoms with Gasteiger partial charge in [-0.3, -0.25) is 19.4 Å². The number of halogens is 2. The summed E-state index contributed by atoms with van der Waals surface area (Å²) in [5.41, 5.74) is -2.83. The molecule has 2 atom stereocenters. The van der Waals surface area contributed by atoms with Crippen molar-refractivity contribution in [2.75, 3.05) is 31.3 Å². The molecule has 0 spiro atoms. The molecule has 0 radical (unpaired) electrons. The largest absolute Gasteiger partial charge is 0.504 e. The first-order valence-electron chi connectivity index (χ1n) is 11.0. The maximum Gasteiger partial charge on any atom is 0.275 e. The minimum Gasteiger partial charge on any atom is -0.504 e. The Kier molecular flexibility index (Phi) is 6.25. The van der Waals surface area contributed by atoms with Crippen LogP contribution in [0.1, 0.15) is 41.1 Å². The van der Waals surface area contributed by atoms with Crippen LogP contribution in [0.25, 0.3) is 0 Å². The van der Waals surface area contributed by atoms with Crippen LogP contribution in [0.3, 0.4) is 0 Å². The maximum absolute atomic E-state index is 14.2. The van der Waals surface area contributed by atoms with Gasteiger partial charge < -0.3 is 25.4 Å². The molecule has 3 aromatic rings. The predicted molar refractivity (Wildman–Crippen MR) is 128 cm³/mol. The SMILES string of the molecule is Cc1cccnc1[C@H](Nc1c(Nc2ccnc(C(=O)N(C)C)c2O)c(=O)c1=O)[C@@]1(C)CC(F)(F)CO1. The molecule has 36 heavy (non-hydrogen) atoms. The average molecular weight is 501 g/mol. The summed E-state index contributed by atoms with van der Waals surface area (Å²) in [6.45, 7) is 2.44. The average Bonchev–Trinajstić information content (AvgIpc) is 3.12. The molecule has 10 nitrogen and oxygen atoms in total. The number of alkyl halides is 2. The monoisotopic (exact) mass is 501 g/mol. The molecule has 1 fully saturated rings. The minimum atomic E-state index is -3.08. The zero-order valence-corrected chi connectivity index (χ0v) is 20.1. The zero-order chi connectivity index (χ0) is 26.4. The van der Waals surface area contributed by atoms with E-state index in [0.29, 0.717) is 11.3 Å². The van der Waals surface area contributed by atoms with Gasteiger partial charge in [0.1, 0.15) is 18.0 Å². The van der Waals surface area contributed by atoms with E-state index in [9.17, 15) is 28.3 Å². The van der Waals surface area contributed by atoms with Gasteiger partial charge in [0.2, 0.25) is 0 Å². The fourth-order valence-electron chi connectivity index (χ4n) is 4.23. The Morgan fingerprint density at radius 1 is 1.17 bits per heavy atom. The van der Waals surface area contributed by atoms with E-state index in [1.807, 2.05) is 0 Å². The Hall–Kier alpha value is -3.93. The number of nitrogens with one attached hydrogen (secondary N) is 2. The van der Waals surface area contributed by atoms with Crippen LogP contribution in [0.4, 0.5) is 25.8 Å². The number of pyridine rings is 2. The van der Waals surface area contributed by atoms with Gasteiger partial charge >= 0.3 is 0 Å². The normalized spacial score (nSPS) is 19.7. The maximum atomic E-state index is 14.2. The van der Waals surface area contributed by atoms with Gasteiger partial charge in [-0.05, 0) is 31.5 Å². The number of hydrogen-bond donors (Lipinski definition) is 3. The van der Waals surface area contributed by atoms with Crippen molar-refractivity contribution in [1.29, 1.82) is 0 Å². The standard InChI is InChI=1S/C24H25F2N5O5/c1-12-6-5-8-27-14(12)21(23(2)10-24(25,26)11-36-23)30-16-15(19(33)20(16)34)29-13-7-9-28-17(18(13)32)22(35)31(3)4/h5-9,21,30,32H,10-11H2,1-4H3,(H,28,29)/t21-,23+/m0/s1. The first kappa shape index (κ1) is 25.2. The van der Waals surface area contributed by atoms with E-state index in [1.54, 1.807) is 19.1 Å². The topological polar surface area (TPSA) is 134 Å². The zero-order valence-electron chi connectivity index (χ0n) is 20.1. The molecule has 1 aromatic carbocycles. The molecule has 1 saturated heterocycles. The van der Waals surface area contributed by atoms with Crippen molar-refractivity contribution >= 4 is 23.0 Å². The number of ether oxygens (including phenoxy) is 1. The van der Waals surface area contributed by atoms with Crippen LogP contribution in [0.15, 0.2) is 40.2 Å². The summed E-state index contributed by atoms with van der Waals surface area (Å²) in [5, 5.41) is 16.1. The van der Waals surface area contributed by atoms with Crippen molar-refractivity contribution in [3.05, 3.63) is 68.0 Å². The Morgan fingerprint density at radius 2 is 1.86 bits per heavy atom. The molecule has 1 amide bonds. The highest BCUT2D eigenvalue weighted by molar-refractivity contribution is 5.97. The van der Waals surface area contributed by atoms with E-state index < -0.39 is 53.1 Å². The summed E-state index contributed by atoms with van der Waals surface area (Å²) < 4.78 is 33.9. The second-order valence-corrected chi connectivity index (χ2v) is 9.21. The number of rotatable bonds is 7. The van der Waals surface area contributed by atoms with Gasteiger partial charge in [-0.25, -0.2) is 13.8 Å². The van der Waals surface area contributed by atoms with E-state index in [0.717, 1.165) is 0 Å². The lowest BCUT2D eigenvalue weighted by Crippen LogP contribution is -2.44. The molecule has 1 aliphatic heterocycles. The number of aromatic hydroxyl groups is 1. The molecule has 4 rings (SSSR count). The molecule has 3 heterocycles. The number of hydrogen-bond acceptors (Lipinski definition) is 9. The lowest BCUT2D eigenvalue weighted by atomic mass is 9.87. The Labute approximate surface area is 204 Å². The van der Waals surface area contributed by atoms with Crippen LogP contribution in [0.5, 0.6) is 5.75 Å². The van der Waals surface area contributed by atoms with Crippen LogP contribution in [0.2, 0.25) is 0 Å². The van der Waals surface area contributed by atoms with Gasteiger partial charge in [-0.2, -0.15) is 0 Å². The summed E-state index contributed by atoms with van der Waals surface area (Å²) in [6, 6.07) is 3.75. The second kappa shape index (κ2) is 8.94. The van der Waals surface area contributed by atoms with Crippen LogP contribution in [0, 0.1) is 6.92 Å². The van der Waals surface area contributed by atoms with Crippen LogP contribution >= 0.6 is 0 Å². The third-order valence-electron chi connectivity index (χ3n) is 6.15. The highest BCUT2D eigenvalue weighted by Crippen LogP contribution is 2.46. The molecule has 3 N–H and O–H groups in total. The van der Waals surface area contributed by atoms with E-state index >= 15 is 0 Å². The van der Waals surface area contributed by atoms with Gasteiger partial charge in [0.05, 0.1) is 23.0 Å².